The summed E-state index contributed by atoms with van der Waals surface area (Å²) in [5.41, 5.74) is 0. The minimum absolute atomic E-state index is 0.0979. The average molecular weight is 289 g/mol. The maximum atomic E-state index is 12.4. The fourth-order valence-corrected chi connectivity index (χ4v) is 3.07. The molecule has 0 bridgehead atoms. The van der Waals surface area contributed by atoms with E-state index in [1.165, 1.54) is 10.5 Å². The van der Waals surface area contributed by atoms with Gasteiger partial charge in [0.2, 0.25) is 0 Å². The van der Waals surface area contributed by atoms with Crippen LogP contribution in [0.15, 0.2) is 11.2 Å². The van der Waals surface area contributed by atoms with Crippen LogP contribution in [0.1, 0.15) is 45.4 Å². The zero-order chi connectivity index (χ0) is 14.5. The molecule has 1 rings (SSSR count). The number of sulfonamides is 1. The predicted octanol–water partition coefficient (Wildman–Crippen LogP) is 1.32. The first kappa shape index (κ1) is 16.1. The van der Waals surface area contributed by atoms with E-state index in [2.05, 4.69) is 9.97 Å². The summed E-state index contributed by atoms with van der Waals surface area (Å²) >= 11 is 0. The fraction of sp³-hybridized carbons (Fsp3) is 0.750. The van der Waals surface area contributed by atoms with Crippen molar-refractivity contribution in [1.29, 1.82) is 0 Å². The second-order valence-corrected chi connectivity index (χ2v) is 6.67. The van der Waals surface area contributed by atoms with Crippen LogP contribution in [-0.4, -0.2) is 47.5 Å². The Bertz CT molecular complexity index is 482. The van der Waals surface area contributed by atoms with E-state index in [-0.39, 0.29) is 24.1 Å². The standard InChI is InChI=1S/C12H23N3O3S/c1-4-5-6-15(7-8-16)19(17,18)11-9-13-12(14-11)10(2)3/h9-10,16H,4-8H2,1-3H3,(H,13,14). The third-order valence-corrected chi connectivity index (χ3v) is 4.66. The van der Waals surface area contributed by atoms with Crippen molar-refractivity contribution >= 4 is 10.0 Å². The molecule has 1 aromatic rings. The van der Waals surface area contributed by atoms with Crippen LogP contribution in [0.5, 0.6) is 0 Å². The lowest BCUT2D eigenvalue weighted by Gasteiger charge is -2.19. The van der Waals surface area contributed by atoms with Crippen LogP contribution in [-0.2, 0) is 10.0 Å². The van der Waals surface area contributed by atoms with Crippen LogP contribution in [0.3, 0.4) is 0 Å². The lowest BCUT2D eigenvalue weighted by Crippen LogP contribution is -2.34. The molecule has 0 amide bonds. The van der Waals surface area contributed by atoms with Crippen LogP contribution in [0, 0.1) is 0 Å². The van der Waals surface area contributed by atoms with E-state index < -0.39 is 10.0 Å². The van der Waals surface area contributed by atoms with Crippen LogP contribution >= 0.6 is 0 Å². The molecule has 0 saturated heterocycles. The molecule has 0 aliphatic rings. The smallest absolute Gasteiger partial charge is 0.260 e. The summed E-state index contributed by atoms with van der Waals surface area (Å²) < 4.78 is 26.1. The first-order valence-corrected chi connectivity index (χ1v) is 8.03. The molecule has 0 atom stereocenters. The van der Waals surface area contributed by atoms with Crippen LogP contribution in [0.25, 0.3) is 0 Å². The molecule has 0 aliphatic heterocycles. The molecule has 6 nitrogen and oxygen atoms in total. The Morgan fingerprint density at radius 1 is 1.42 bits per heavy atom. The normalized spacial score (nSPS) is 12.5. The highest BCUT2D eigenvalue weighted by Gasteiger charge is 2.25. The van der Waals surface area contributed by atoms with Gasteiger partial charge in [-0.2, -0.15) is 4.31 Å². The monoisotopic (exact) mass is 289 g/mol. The summed E-state index contributed by atoms with van der Waals surface area (Å²) in [6.45, 7) is 6.22. The third kappa shape index (κ3) is 4.02. The number of nitrogens with one attached hydrogen (secondary N) is 1. The first-order valence-electron chi connectivity index (χ1n) is 6.59. The summed E-state index contributed by atoms with van der Waals surface area (Å²) in [6, 6.07) is 0. The Kier molecular flexibility index (Phi) is 5.96. The molecule has 7 heteroatoms. The number of hydrogen-bond donors (Lipinski definition) is 2. The second-order valence-electron chi connectivity index (χ2n) is 4.77. The van der Waals surface area contributed by atoms with Gasteiger partial charge in [-0.05, 0) is 6.42 Å². The number of aromatic nitrogens is 2. The zero-order valence-electron chi connectivity index (χ0n) is 11.8. The third-order valence-electron chi connectivity index (χ3n) is 2.85. The van der Waals surface area contributed by atoms with Gasteiger partial charge in [-0.3, -0.25) is 0 Å². The van der Waals surface area contributed by atoms with Gasteiger partial charge in [0, 0.05) is 19.0 Å². The summed E-state index contributed by atoms with van der Waals surface area (Å²) in [5, 5.41) is 9.11. The maximum Gasteiger partial charge on any atom is 0.260 e. The van der Waals surface area contributed by atoms with Gasteiger partial charge in [-0.25, -0.2) is 13.4 Å². The van der Waals surface area contributed by atoms with E-state index >= 15 is 0 Å². The van der Waals surface area contributed by atoms with Crippen molar-refractivity contribution in [2.24, 2.45) is 0 Å². The van der Waals surface area contributed by atoms with E-state index in [9.17, 15) is 8.42 Å². The Balaban J connectivity index is 2.97. The van der Waals surface area contributed by atoms with Crippen LogP contribution in [0.4, 0.5) is 0 Å². The van der Waals surface area contributed by atoms with E-state index in [1.807, 2.05) is 20.8 Å². The van der Waals surface area contributed by atoms with Gasteiger partial charge >= 0.3 is 0 Å². The van der Waals surface area contributed by atoms with E-state index in [4.69, 9.17) is 5.11 Å². The van der Waals surface area contributed by atoms with Gasteiger partial charge in [-0.1, -0.05) is 27.2 Å². The molecule has 110 valence electrons. The molecule has 0 saturated carbocycles. The molecule has 0 aromatic carbocycles. The number of aliphatic hydroxyl groups excluding tert-OH is 1. The predicted molar refractivity (Wildman–Crippen MR) is 73.4 cm³/mol. The number of hydrogen-bond acceptors (Lipinski definition) is 4. The lowest BCUT2D eigenvalue weighted by atomic mass is 10.2. The second kappa shape index (κ2) is 7.02. The molecule has 0 aliphatic carbocycles. The Labute approximate surface area is 114 Å². The largest absolute Gasteiger partial charge is 0.395 e. The van der Waals surface area contributed by atoms with Crippen LogP contribution < -0.4 is 0 Å². The van der Waals surface area contributed by atoms with Crippen molar-refractivity contribution in [3.8, 4) is 0 Å². The number of rotatable bonds is 8. The lowest BCUT2D eigenvalue weighted by molar-refractivity contribution is 0.252. The highest BCUT2D eigenvalue weighted by atomic mass is 32.2. The Hall–Kier alpha value is -0.920. The maximum absolute atomic E-state index is 12.4. The molecule has 0 fully saturated rings. The van der Waals surface area contributed by atoms with Crippen molar-refractivity contribution in [3.05, 3.63) is 12.0 Å². The highest BCUT2D eigenvalue weighted by molar-refractivity contribution is 7.89. The van der Waals surface area contributed by atoms with E-state index in [1.54, 1.807) is 0 Å². The number of imidazole rings is 1. The van der Waals surface area contributed by atoms with Gasteiger partial charge in [0.05, 0.1) is 12.8 Å². The van der Waals surface area contributed by atoms with Gasteiger partial charge < -0.3 is 10.1 Å². The zero-order valence-corrected chi connectivity index (χ0v) is 12.6. The Morgan fingerprint density at radius 3 is 2.58 bits per heavy atom. The first-order chi connectivity index (χ1) is 8.93. The number of H-pyrrole nitrogens is 1. The van der Waals surface area contributed by atoms with Crippen molar-refractivity contribution in [1.82, 2.24) is 14.3 Å². The molecule has 0 unspecified atom stereocenters. The molecular weight excluding hydrogens is 266 g/mol. The van der Waals surface area contributed by atoms with E-state index in [0.29, 0.717) is 12.4 Å². The summed E-state index contributed by atoms with van der Waals surface area (Å²) in [7, 11) is -3.59. The molecule has 19 heavy (non-hydrogen) atoms. The van der Waals surface area contributed by atoms with Crippen molar-refractivity contribution in [2.45, 2.75) is 44.6 Å². The van der Waals surface area contributed by atoms with Crippen molar-refractivity contribution in [2.75, 3.05) is 19.7 Å². The Morgan fingerprint density at radius 2 is 2.11 bits per heavy atom. The molecule has 2 N–H and O–H groups in total. The van der Waals surface area contributed by atoms with Crippen LogP contribution in [0.2, 0.25) is 0 Å². The molecule has 1 heterocycles. The quantitative estimate of drug-likeness (QED) is 0.755. The number of unbranched alkanes of at least 4 members (excludes halogenated alkanes) is 1. The summed E-state index contributed by atoms with van der Waals surface area (Å²) in [4.78, 5) is 6.93. The average Bonchev–Trinajstić information content (AvgIpc) is 2.84. The number of nitrogens with zero attached hydrogens (tertiary/aromatic N) is 2. The molecule has 0 radical (unpaired) electrons. The molecule has 0 spiro atoms. The van der Waals surface area contributed by atoms with Gasteiger partial charge in [0.25, 0.3) is 10.0 Å². The van der Waals surface area contributed by atoms with Gasteiger partial charge in [0.15, 0.2) is 5.03 Å². The van der Waals surface area contributed by atoms with E-state index in [0.717, 1.165) is 12.8 Å². The van der Waals surface area contributed by atoms with Crippen molar-refractivity contribution < 1.29 is 13.5 Å². The summed E-state index contributed by atoms with van der Waals surface area (Å²) in [5.74, 6) is 0.795. The topological polar surface area (TPSA) is 86.3 Å². The SMILES string of the molecule is CCCCN(CCO)S(=O)(=O)c1cnc(C(C)C)[nH]1. The van der Waals surface area contributed by atoms with Gasteiger partial charge in [0.1, 0.15) is 5.82 Å². The number of aliphatic hydroxyl groups is 1. The minimum atomic E-state index is -3.59. The molecular formula is C12H23N3O3S. The summed E-state index contributed by atoms with van der Waals surface area (Å²) in [6.07, 6.45) is 3.02. The van der Waals surface area contributed by atoms with Crippen molar-refractivity contribution in [3.63, 3.8) is 0 Å². The van der Waals surface area contributed by atoms with Gasteiger partial charge in [-0.15, -0.1) is 0 Å². The fourth-order valence-electron chi connectivity index (χ4n) is 1.68. The minimum Gasteiger partial charge on any atom is -0.395 e. The number of aromatic amines is 1. The molecule has 1 aromatic heterocycles. The highest BCUT2D eigenvalue weighted by Crippen LogP contribution is 2.17.